The van der Waals surface area contributed by atoms with E-state index in [1.54, 1.807) is 6.07 Å². The van der Waals surface area contributed by atoms with Gasteiger partial charge in [0.2, 0.25) is 0 Å². The smallest absolute Gasteiger partial charge is 0.124 e. The SMILES string of the molecule is COc1ccc(F)cc1C(O)C1C(C)(C)C1(C)C. The van der Waals surface area contributed by atoms with Crippen LogP contribution < -0.4 is 4.74 Å². The molecule has 0 heterocycles. The molecule has 1 unspecified atom stereocenters. The van der Waals surface area contributed by atoms with Crippen LogP contribution in [0, 0.1) is 22.6 Å². The molecule has 0 amide bonds. The number of aliphatic hydroxyl groups excluding tert-OH is 1. The minimum absolute atomic E-state index is 0.0454. The average Bonchev–Trinajstić information content (AvgIpc) is 2.68. The Kier molecular flexibility index (Phi) is 2.93. The highest BCUT2D eigenvalue weighted by molar-refractivity contribution is 5.38. The lowest BCUT2D eigenvalue weighted by molar-refractivity contribution is 0.127. The number of benzene rings is 1. The van der Waals surface area contributed by atoms with Crippen molar-refractivity contribution >= 4 is 0 Å². The van der Waals surface area contributed by atoms with Gasteiger partial charge in [0.25, 0.3) is 0 Å². The summed E-state index contributed by atoms with van der Waals surface area (Å²) >= 11 is 0. The fourth-order valence-corrected chi connectivity index (χ4v) is 3.15. The van der Waals surface area contributed by atoms with Crippen LogP contribution in [0.4, 0.5) is 4.39 Å². The first-order valence-electron chi connectivity index (χ1n) is 6.25. The number of aliphatic hydroxyl groups is 1. The van der Waals surface area contributed by atoms with Gasteiger partial charge in [-0.2, -0.15) is 0 Å². The molecule has 18 heavy (non-hydrogen) atoms. The molecule has 0 bridgehead atoms. The lowest BCUT2D eigenvalue weighted by Crippen LogP contribution is -2.07. The van der Waals surface area contributed by atoms with Crippen molar-refractivity contribution in [1.82, 2.24) is 0 Å². The van der Waals surface area contributed by atoms with Crippen LogP contribution >= 0.6 is 0 Å². The van der Waals surface area contributed by atoms with Crippen LogP contribution in [-0.2, 0) is 0 Å². The third-order valence-electron chi connectivity index (χ3n) is 4.96. The van der Waals surface area contributed by atoms with Crippen LogP contribution in [0.1, 0.15) is 39.4 Å². The summed E-state index contributed by atoms with van der Waals surface area (Å²) in [6.45, 7) is 8.53. The number of hydrogen-bond donors (Lipinski definition) is 1. The van der Waals surface area contributed by atoms with E-state index in [-0.39, 0.29) is 22.6 Å². The van der Waals surface area contributed by atoms with Crippen molar-refractivity contribution in [3.05, 3.63) is 29.6 Å². The van der Waals surface area contributed by atoms with E-state index < -0.39 is 6.10 Å². The molecule has 2 nitrogen and oxygen atoms in total. The van der Waals surface area contributed by atoms with Gasteiger partial charge in [0.15, 0.2) is 0 Å². The van der Waals surface area contributed by atoms with Gasteiger partial charge < -0.3 is 9.84 Å². The Hall–Kier alpha value is -1.09. The second kappa shape index (κ2) is 3.95. The molecule has 0 saturated heterocycles. The summed E-state index contributed by atoms with van der Waals surface area (Å²) in [6, 6.07) is 4.28. The molecule has 0 aromatic heterocycles. The van der Waals surface area contributed by atoms with Gasteiger partial charge >= 0.3 is 0 Å². The zero-order valence-electron chi connectivity index (χ0n) is 11.6. The van der Waals surface area contributed by atoms with Crippen molar-refractivity contribution in [3.8, 4) is 5.75 Å². The largest absolute Gasteiger partial charge is 0.496 e. The Morgan fingerprint density at radius 2 is 1.78 bits per heavy atom. The summed E-state index contributed by atoms with van der Waals surface area (Å²) in [7, 11) is 1.53. The molecule has 1 saturated carbocycles. The molecule has 1 aromatic rings. The number of methoxy groups -OCH3 is 1. The van der Waals surface area contributed by atoms with Crippen molar-refractivity contribution in [2.24, 2.45) is 16.7 Å². The van der Waals surface area contributed by atoms with E-state index in [2.05, 4.69) is 27.7 Å². The summed E-state index contributed by atoms with van der Waals surface area (Å²) in [5.41, 5.74) is 0.633. The van der Waals surface area contributed by atoms with Crippen LogP contribution in [-0.4, -0.2) is 12.2 Å². The Bertz CT molecular complexity index is 452. The predicted molar refractivity (Wildman–Crippen MR) is 69.0 cm³/mol. The molecule has 0 radical (unpaired) electrons. The van der Waals surface area contributed by atoms with E-state index >= 15 is 0 Å². The van der Waals surface area contributed by atoms with E-state index in [1.807, 2.05) is 0 Å². The molecular formula is C15H21FO2. The van der Waals surface area contributed by atoms with Gasteiger partial charge in [-0.3, -0.25) is 0 Å². The first-order valence-corrected chi connectivity index (χ1v) is 6.25. The highest BCUT2D eigenvalue weighted by Crippen LogP contribution is 2.72. The lowest BCUT2D eigenvalue weighted by atomic mass is 9.98. The molecule has 1 aliphatic rings. The van der Waals surface area contributed by atoms with Gasteiger partial charge in [0.1, 0.15) is 11.6 Å². The maximum absolute atomic E-state index is 13.3. The molecule has 2 rings (SSSR count). The predicted octanol–water partition coefficient (Wildman–Crippen LogP) is 3.55. The lowest BCUT2D eigenvalue weighted by Gasteiger charge is -2.16. The second-order valence-electron chi connectivity index (χ2n) is 6.25. The molecule has 1 aliphatic carbocycles. The van der Waals surface area contributed by atoms with Gasteiger partial charge in [0.05, 0.1) is 13.2 Å². The van der Waals surface area contributed by atoms with Crippen molar-refractivity contribution in [2.45, 2.75) is 33.8 Å². The fraction of sp³-hybridized carbons (Fsp3) is 0.600. The summed E-state index contributed by atoms with van der Waals surface area (Å²) < 4.78 is 18.6. The minimum Gasteiger partial charge on any atom is -0.496 e. The standard InChI is InChI=1S/C15H21FO2/c1-14(2)13(15(14,3)4)12(17)10-8-9(16)6-7-11(10)18-5/h6-8,12-13,17H,1-5H3. The third kappa shape index (κ3) is 1.72. The maximum atomic E-state index is 13.3. The maximum Gasteiger partial charge on any atom is 0.124 e. The third-order valence-corrected chi connectivity index (χ3v) is 4.96. The normalized spacial score (nSPS) is 22.6. The summed E-state index contributed by atoms with van der Waals surface area (Å²) in [5, 5.41) is 10.5. The summed E-state index contributed by atoms with van der Waals surface area (Å²) in [4.78, 5) is 0. The van der Waals surface area contributed by atoms with Crippen LogP contribution in [0.2, 0.25) is 0 Å². The van der Waals surface area contributed by atoms with Crippen LogP contribution in [0.3, 0.4) is 0 Å². The van der Waals surface area contributed by atoms with Gasteiger partial charge in [-0.1, -0.05) is 27.7 Å². The second-order valence-corrected chi connectivity index (χ2v) is 6.25. The molecule has 1 atom stereocenters. The molecule has 100 valence electrons. The molecule has 1 N–H and O–H groups in total. The Morgan fingerprint density at radius 3 is 2.22 bits per heavy atom. The Labute approximate surface area is 108 Å². The van der Waals surface area contributed by atoms with E-state index in [0.29, 0.717) is 11.3 Å². The van der Waals surface area contributed by atoms with Crippen molar-refractivity contribution in [3.63, 3.8) is 0 Å². The van der Waals surface area contributed by atoms with Crippen LogP contribution in [0.25, 0.3) is 0 Å². The molecule has 1 fully saturated rings. The van der Waals surface area contributed by atoms with Gasteiger partial charge in [0, 0.05) is 11.5 Å². The zero-order chi connectivity index (χ0) is 13.7. The quantitative estimate of drug-likeness (QED) is 0.891. The van der Waals surface area contributed by atoms with Crippen molar-refractivity contribution in [1.29, 1.82) is 0 Å². The van der Waals surface area contributed by atoms with Gasteiger partial charge in [-0.05, 0) is 29.0 Å². The zero-order valence-corrected chi connectivity index (χ0v) is 11.6. The number of halogens is 1. The van der Waals surface area contributed by atoms with E-state index in [0.717, 1.165) is 0 Å². The molecule has 3 heteroatoms. The average molecular weight is 252 g/mol. The van der Waals surface area contributed by atoms with E-state index in [1.165, 1.54) is 19.2 Å². The first-order chi connectivity index (χ1) is 8.23. The van der Waals surface area contributed by atoms with E-state index in [9.17, 15) is 9.50 Å². The van der Waals surface area contributed by atoms with E-state index in [4.69, 9.17) is 4.74 Å². The molecule has 0 aliphatic heterocycles. The summed E-state index contributed by atoms with van der Waals surface area (Å²) in [5.74, 6) is 0.309. The fourth-order valence-electron chi connectivity index (χ4n) is 3.15. The number of rotatable bonds is 3. The minimum atomic E-state index is -0.694. The number of hydrogen-bond acceptors (Lipinski definition) is 2. The van der Waals surface area contributed by atoms with Gasteiger partial charge in [-0.25, -0.2) is 4.39 Å². The molecular weight excluding hydrogens is 231 g/mol. The van der Waals surface area contributed by atoms with Crippen molar-refractivity contribution in [2.75, 3.05) is 7.11 Å². The van der Waals surface area contributed by atoms with Crippen LogP contribution in [0.5, 0.6) is 5.75 Å². The van der Waals surface area contributed by atoms with Crippen molar-refractivity contribution < 1.29 is 14.2 Å². The van der Waals surface area contributed by atoms with Crippen LogP contribution in [0.15, 0.2) is 18.2 Å². The summed E-state index contributed by atoms with van der Waals surface area (Å²) in [6.07, 6.45) is -0.694. The molecule has 0 spiro atoms. The highest BCUT2D eigenvalue weighted by Gasteiger charge is 2.67. The Balaban J connectivity index is 2.36. The Morgan fingerprint density at radius 1 is 1.22 bits per heavy atom. The first kappa shape index (κ1) is 13.3. The van der Waals surface area contributed by atoms with Gasteiger partial charge in [-0.15, -0.1) is 0 Å². The highest BCUT2D eigenvalue weighted by atomic mass is 19.1. The topological polar surface area (TPSA) is 29.5 Å². The molecule has 1 aromatic carbocycles. The number of ether oxygens (including phenoxy) is 1. The monoisotopic (exact) mass is 252 g/mol.